The summed E-state index contributed by atoms with van der Waals surface area (Å²) in [7, 11) is 0. The maximum atomic E-state index is 6.30. The van der Waals surface area contributed by atoms with Gasteiger partial charge in [0.25, 0.3) is 0 Å². The Morgan fingerprint density at radius 3 is 3.00 bits per heavy atom. The molecular weight excluding hydrogens is 208 g/mol. The molecule has 1 heterocycles. The van der Waals surface area contributed by atoms with E-state index in [1.54, 1.807) is 0 Å². The molecule has 1 aliphatic heterocycles. The average Bonchev–Trinajstić information content (AvgIpc) is 3.03. The highest BCUT2D eigenvalue weighted by Crippen LogP contribution is 2.41. The van der Waals surface area contributed by atoms with Crippen LogP contribution in [0.25, 0.3) is 0 Å². The van der Waals surface area contributed by atoms with Crippen molar-refractivity contribution in [1.82, 2.24) is 0 Å². The van der Waals surface area contributed by atoms with Crippen molar-refractivity contribution in [2.24, 2.45) is 0 Å². The zero-order valence-electron chi connectivity index (χ0n) is 8.67. The van der Waals surface area contributed by atoms with E-state index in [-0.39, 0.29) is 0 Å². The molecule has 80 valence electrons. The monoisotopic (exact) mass is 222 g/mol. The van der Waals surface area contributed by atoms with Gasteiger partial charge in [-0.15, -0.1) is 0 Å². The minimum absolute atomic E-state index is 0.739. The van der Waals surface area contributed by atoms with Crippen molar-refractivity contribution in [2.45, 2.75) is 25.3 Å². The molecule has 0 spiro atoms. The third kappa shape index (κ3) is 1.67. The van der Waals surface area contributed by atoms with E-state index in [4.69, 9.17) is 11.6 Å². The summed E-state index contributed by atoms with van der Waals surface area (Å²) in [6, 6.07) is 6.87. The zero-order valence-corrected chi connectivity index (χ0v) is 9.43. The Kier molecular flexibility index (Phi) is 2.24. The number of anilines is 2. The molecule has 0 aromatic heterocycles. The van der Waals surface area contributed by atoms with Gasteiger partial charge in [-0.1, -0.05) is 17.7 Å². The highest BCUT2D eigenvalue weighted by atomic mass is 35.5. The number of para-hydroxylation sites is 1. The van der Waals surface area contributed by atoms with Crippen LogP contribution in [0.4, 0.5) is 11.4 Å². The third-order valence-corrected chi connectivity index (χ3v) is 3.46. The summed E-state index contributed by atoms with van der Waals surface area (Å²) >= 11 is 6.30. The van der Waals surface area contributed by atoms with E-state index >= 15 is 0 Å². The van der Waals surface area contributed by atoms with Crippen LogP contribution in [0.5, 0.6) is 0 Å². The first-order chi connectivity index (χ1) is 7.36. The minimum atomic E-state index is 0.739. The van der Waals surface area contributed by atoms with Crippen LogP contribution >= 0.6 is 11.6 Å². The van der Waals surface area contributed by atoms with Gasteiger partial charge < -0.3 is 10.2 Å². The lowest BCUT2D eigenvalue weighted by atomic mass is 10.2. The van der Waals surface area contributed by atoms with E-state index in [2.05, 4.69) is 16.3 Å². The smallest absolute Gasteiger partial charge is 0.0793 e. The number of halogens is 1. The third-order valence-electron chi connectivity index (χ3n) is 3.15. The quantitative estimate of drug-likeness (QED) is 0.786. The van der Waals surface area contributed by atoms with Gasteiger partial charge in [-0.3, -0.25) is 0 Å². The summed E-state index contributed by atoms with van der Waals surface area (Å²) in [5.74, 6) is 0. The number of hydrogen-bond acceptors (Lipinski definition) is 2. The highest BCUT2D eigenvalue weighted by molar-refractivity contribution is 6.34. The molecule has 1 N–H and O–H groups in total. The molecule has 15 heavy (non-hydrogen) atoms. The Bertz CT molecular complexity index is 374. The second-order valence-corrected chi connectivity index (χ2v) is 4.75. The summed E-state index contributed by atoms with van der Waals surface area (Å²) < 4.78 is 0. The van der Waals surface area contributed by atoms with Crippen molar-refractivity contribution in [3.63, 3.8) is 0 Å². The number of rotatable bonds is 1. The molecule has 1 fully saturated rings. The molecule has 0 saturated heterocycles. The summed E-state index contributed by atoms with van der Waals surface area (Å²) in [6.45, 7) is 2.19. The fraction of sp³-hybridized carbons (Fsp3) is 0.500. The minimum Gasteiger partial charge on any atom is -0.383 e. The van der Waals surface area contributed by atoms with Crippen LogP contribution in [0.1, 0.15) is 19.3 Å². The largest absolute Gasteiger partial charge is 0.383 e. The van der Waals surface area contributed by atoms with Gasteiger partial charge in [-0.05, 0) is 31.4 Å². The van der Waals surface area contributed by atoms with Gasteiger partial charge in [0.2, 0.25) is 0 Å². The van der Waals surface area contributed by atoms with Crippen LogP contribution in [-0.2, 0) is 0 Å². The number of nitrogens with zero attached hydrogens (tertiary/aromatic N) is 1. The van der Waals surface area contributed by atoms with Crippen LogP contribution < -0.4 is 10.2 Å². The Labute approximate surface area is 95.2 Å². The highest BCUT2D eigenvalue weighted by Gasteiger charge is 2.32. The Morgan fingerprint density at radius 2 is 2.20 bits per heavy atom. The molecule has 0 bridgehead atoms. The molecule has 0 amide bonds. The summed E-state index contributed by atoms with van der Waals surface area (Å²) in [4.78, 5) is 2.48. The van der Waals surface area contributed by atoms with Crippen LogP contribution in [0, 0.1) is 0 Å². The van der Waals surface area contributed by atoms with Crippen molar-refractivity contribution in [2.75, 3.05) is 23.3 Å². The maximum Gasteiger partial charge on any atom is 0.0793 e. The van der Waals surface area contributed by atoms with Gasteiger partial charge in [-0.2, -0.15) is 0 Å². The van der Waals surface area contributed by atoms with Crippen molar-refractivity contribution in [1.29, 1.82) is 0 Å². The molecule has 2 aliphatic rings. The van der Waals surface area contributed by atoms with Gasteiger partial charge >= 0.3 is 0 Å². The topological polar surface area (TPSA) is 15.3 Å². The first-order valence-corrected chi connectivity index (χ1v) is 6.03. The van der Waals surface area contributed by atoms with Gasteiger partial charge in [0.05, 0.1) is 16.4 Å². The number of nitrogens with one attached hydrogen (secondary N) is 1. The molecule has 3 rings (SSSR count). The Hall–Kier alpha value is -0.890. The Morgan fingerprint density at radius 1 is 1.33 bits per heavy atom. The molecular formula is C12H15ClN2. The number of fused-ring (bicyclic) bond motifs is 1. The van der Waals surface area contributed by atoms with Gasteiger partial charge in [-0.25, -0.2) is 0 Å². The van der Waals surface area contributed by atoms with Gasteiger partial charge in [0.1, 0.15) is 0 Å². The van der Waals surface area contributed by atoms with Crippen LogP contribution in [-0.4, -0.2) is 19.1 Å². The normalized spacial score (nSPS) is 20.5. The molecule has 1 aromatic carbocycles. The maximum absolute atomic E-state index is 6.30. The van der Waals surface area contributed by atoms with Crippen molar-refractivity contribution >= 4 is 23.0 Å². The molecule has 3 heteroatoms. The first kappa shape index (κ1) is 9.34. The van der Waals surface area contributed by atoms with E-state index in [1.165, 1.54) is 30.6 Å². The molecule has 1 aliphatic carbocycles. The summed E-state index contributed by atoms with van der Waals surface area (Å²) in [6.07, 6.45) is 3.84. The van der Waals surface area contributed by atoms with Crippen LogP contribution in [0.15, 0.2) is 18.2 Å². The first-order valence-electron chi connectivity index (χ1n) is 5.65. The van der Waals surface area contributed by atoms with Crippen molar-refractivity contribution in [3.8, 4) is 0 Å². The van der Waals surface area contributed by atoms with E-state index < -0.39 is 0 Å². The SMILES string of the molecule is Clc1cccc2c1N(C1CC1)CCCN2. The number of hydrogen-bond donors (Lipinski definition) is 1. The fourth-order valence-corrected chi connectivity index (χ4v) is 2.57. The zero-order chi connectivity index (χ0) is 10.3. The lowest BCUT2D eigenvalue weighted by Crippen LogP contribution is -2.26. The van der Waals surface area contributed by atoms with E-state index in [0.717, 1.165) is 24.2 Å². The van der Waals surface area contributed by atoms with Gasteiger partial charge in [0.15, 0.2) is 0 Å². The average molecular weight is 223 g/mol. The predicted octanol–water partition coefficient (Wildman–Crippen LogP) is 3.12. The standard InChI is InChI=1S/C12H15ClN2/c13-10-3-1-4-11-12(10)15(9-5-6-9)8-2-7-14-11/h1,3-4,9,14H,2,5-8H2. The second kappa shape index (κ2) is 3.60. The van der Waals surface area contributed by atoms with Crippen molar-refractivity contribution in [3.05, 3.63) is 23.2 Å². The van der Waals surface area contributed by atoms with Crippen LogP contribution in [0.2, 0.25) is 5.02 Å². The second-order valence-electron chi connectivity index (χ2n) is 4.34. The molecule has 0 unspecified atom stereocenters. The molecule has 2 nitrogen and oxygen atoms in total. The number of benzene rings is 1. The molecule has 1 aromatic rings. The van der Waals surface area contributed by atoms with E-state index in [9.17, 15) is 0 Å². The van der Waals surface area contributed by atoms with Crippen LogP contribution in [0.3, 0.4) is 0 Å². The fourth-order valence-electron chi connectivity index (χ4n) is 2.29. The predicted molar refractivity (Wildman–Crippen MR) is 64.9 cm³/mol. The lowest BCUT2D eigenvalue weighted by molar-refractivity contribution is 0.760. The van der Waals surface area contributed by atoms with Gasteiger partial charge in [0, 0.05) is 19.1 Å². The summed E-state index contributed by atoms with van der Waals surface area (Å²) in [5.41, 5.74) is 2.42. The molecule has 0 atom stereocenters. The van der Waals surface area contributed by atoms with E-state index in [1.807, 2.05) is 12.1 Å². The van der Waals surface area contributed by atoms with E-state index in [0.29, 0.717) is 0 Å². The molecule has 0 radical (unpaired) electrons. The Balaban J connectivity index is 2.05. The summed E-state index contributed by atoms with van der Waals surface area (Å²) in [5, 5.41) is 4.34. The van der Waals surface area contributed by atoms with Crippen molar-refractivity contribution < 1.29 is 0 Å². The molecule has 1 saturated carbocycles. The lowest BCUT2D eigenvalue weighted by Gasteiger charge is -2.25.